The molecule has 1 N–H and O–H groups in total. The van der Waals surface area contributed by atoms with E-state index < -0.39 is 0 Å². The maximum atomic E-state index is 11.5. The van der Waals surface area contributed by atoms with Gasteiger partial charge in [0.15, 0.2) is 0 Å². The Balaban J connectivity index is 2.00. The zero-order chi connectivity index (χ0) is 13.7. The van der Waals surface area contributed by atoms with E-state index in [0.29, 0.717) is 0 Å². The van der Waals surface area contributed by atoms with Crippen molar-refractivity contribution < 1.29 is 9.53 Å². The Labute approximate surface area is 114 Å². The zero-order valence-electron chi connectivity index (χ0n) is 11.5. The minimum Gasteiger partial charge on any atom is -0.383 e. The first-order valence-electron chi connectivity index (χ1n) is 6.49. The summed E-state index contributed by atoms with van der Waals surface area (Å²) < 4.78 is 5.10. The molecular weight excluding hydrogens is 240 g/mol. The third-order valence-corrected chi connectivity index (χ3v) is 3.19. The van der Waals surface area contributed by atoms with E-state index >= 15 is 0 Å². The van der Waals surface area contributed by atoms with Crippen LogP contribution in [0.5, 0.6) is 0 Å². The number of carbonyl (C=O) groups is 1. The molecule has 4 nitrogen and oxygen atoms in total. The van der Waals surface area contributed by atoms with Crippen LogP contribution in [0.1, 0.15) is 18.1 Å². The molecule has 0 radical (unpaired) electrons. The van der Waals surface area contributed by atoms with Crippen molar-refractivity contribution in [2.45, 2.75) is 20.0 Å². The molecule has 2 rings (SSSR count). The molecule has 19 heavy (non-hydrogen) atoms. The van der Waals surface area contributed by atoms with Gasteiger partial charge in [-0.2, -0.15) is 0 Å². The third kappa shape index (κ3) is 3.66. The van der Waals surface area contributed by atoms with Crippen LogP contribution in [0.3, 0.4) is 0 Å². The number of benzene rings is 1. The smallest absolute Gasteiger partial charge is 0.248 e. The number of methoxy groups -OCH3 is 1. The van der Waals surface area contributed by atoms with E-state index in [1.165, 1.54) is 17.2 Å². The average molecular weight is 260 g/mol. The number of nitrogens with one attached hydrogen (secondary N) is 1. The second-order valence-electron chi connectivity index (χ2n) is 4.68. The average Bonchev–Trinajstić information content (AvgIpc) is 2.78. The molecule has 4 heteroatoms. The molecule has 1 aliphatic heterocycles. The fraction of sp³-hybridized carbons (Fsp3) is 0.400. The predicted molar refractivity (Wildman–Crippen MR) is 75.9 cm³/mol. The first-order valence-corrected chi connectivity index (χ1v) is 6.49. The number of nitrogens with zero attached hydrogens (tertiary/aromatic N) is 1. The Morgan fingerprint density at radius 3 is 2.95 bits per heavy atom. The topological polar surface area (TPSA) is 41.6 Å². The summed E-state index contributed by atoms with van der Waals surface area (Å²) in [4.78, 5) is 13.8. The molecule has 0 bridgehead atoms. The van der Waals surface area contributed by atoms with Crippen LogP contribution in [-0.4, -0.2) is 31.1 Å². The number of amides is 1. The molecule has 1 aromatic rings. The van der Waals surface area contributed by atoms with E-state index in [1.807, 2.05) is 13.0 Å². The van der Waals surface area contributed by atoms with E-state index in [0.717, 1.165) is 31.9 Å². The Morgan fingerprint density at radius 2 is 2.21 bits per heavy atom. The Morgan fingerprint density at radius 1 is 1.42 bits per heavy atom. The van der Waals surface area contributed by atoms with Crippen LogP contribution < -0.4 is 5.32 Å². The highest BCUT2D eigenvalue weighted by Crippen LogP contribution is 2.25. The van der Waals surface area contributed by atoms with Crippen molar-refractivity contribution in [1.29, 1.82) is 0 Å². The lowest BCUT2D eigenvalue weighted by Gasteiger charge is -2.13. The quantitative estimate of drug-likeness (QED) is 0.825. The molecule has 0 spiro atoms. The Hall–Kier alpha value is -1.65. The van der Waals surface area contributed by atoms with Crippen molar-refractivity contribution in [3.8, 4) is 0 Å². The van der Waals surface area contributed by atoms with E-state index in [1.54, 1.807) is 13.2 Å². The molecule has 1 aliphatic rings. The number of hydrogen-bond donors (Lipinski definition) is 1. The fourth-order valence-corrected chi connectivity index (χ4v) is 2.26. The van der Waals surface area contributed by atoms with Crippen LogP contribution in [0.15, 0.2) is 30.4 Å². The first-order chi connectivity index (χ1) is 9.22. The summed E-state index contributed by atoms with van der Waals surface area (Å²) in [6, 6.07) is 6.11. The zero-order valence-corrected chi connectivity index (χ0v) is 11.5. The molecule has 1 heterocycles. The molecule has 0 saturated carbocycles. The summed E-state index contributed by atoms with van der Waals surface area (Å²) in [5.74, 6) is -0.0864. The predicted octanol–water partition coefficient (Wildman–Crippen LogP) is 2.16. The van der Waals surface area contributed by atoms with Crippen molar-refractivity contribution in [2.75, 3.05) is 25.6 Å². The maximum absolute atomic E-state index is 11.5. The number of ether oxygens (including phenoxy) is 1. The minimum absolute atomic E-state index is 0.0864. The highest BCUT2D eigenvalue weighted by molar-refractivity contribution is 5.99. The van der Waals surface area contributed by atoms with Crippen LogP contribution in [0, 0.1) is 0 Å². The first kappa shape index (κ1) is 13.8. The van der Waals surface area contributed by atoms with Gasteiger partial charge in [0.25, 0.3) is 0 Å². The second-order valence-corrected chi connectivity index (χ2v) is 4.68. The van der Waals surface area contributed by atoms with Crippen molar-refractivity contribution in [3.05, 3.63) is 41.5 Å². The summed E-state index contributed by atoms with van der Waals surface area (Å²) in [5.41, 5.74) is 3.48. The summed E-state index contributed by atoms with van der Waals surface area (Å²) in [6.45, 7) is 5.40. The number of carbonyl (C=O) groups excluding carboxylic acids is 1. The van der Waals surface area contributed by atoms with Gasteiger partial charge in [-0.25, -0.2) is 0 Å². The van der Waals surface area contributed by atoms with Gasteiger partial charge < -0.3 is 10.1 Å². The Bertz CT molecular complexity index is 483. The highest BCUT2D eigenvalue weighted by atomic mass is 16.5. The number of hydrogen-bond acceptors (Lipinski definition) is 3. The summed E-state index contributed by atoms with van der Waals surface area (Å²) in [5, 5.41) is 2.86. The second kappa shape index (κ2) is 6.50. The molecule has 1 aromatic carbocycles. The van der Waals surface area contributed by atoms with E-state index in [2.05, 4.69) is 22.3 Å². The van der Waals surface area contributed by atoms with Crippen molar-refractivity contribution in [1.82, 2.24) is 4.90 Å². The van der Waals surface area contributed by atoms with Crippen molar-refractivity contribution >= 4 is 11.6 Å². The molecule has 0 atom stereocenters. The fourth-order valence-electron chi connectivity index (χ4n) is 2.26. The van der Waals surface area contributed by atoms with Gasteiger partial charge in [-0.05, 0) is 36.3 Å². The molecule has 102 valence electrons. The van der Waals surface area contributed by atoms with Crippen LogP contribution in [0.4, 0.5) is 5.69 Å². The van der Waals surface area contributed by atoms with Gasteiger partial charge in [0.2, 0.25) is 5.91 Å². The molecule has 0 aromatic heterocycles. The molecule has 0 aliphatic carbocycles. The summed E-state index contributed by atoms with van der Waals surface area (Å²) in [7, 11) is 1.72. The molecule has 0 unspecified atom stereocenters. The van der Waals surface area contributed by atoms with E-state index in [9.17, 15) is 4.79 Å². The summed E-state index contributed by atoms with van der Waals surface area (Å²) in [6.07, 6.45) is 3.26. The van der Waals surface area contributed by atoms with Gasteiger partial charge in [0.05, 0.1) is 6.61 Å². The van der Waals surface area contributed by atoms with Gasteiger partial charge in [0.1, 0.15) is 0 Å². The van der Waals surface area contributed by atoms with Crippen LogP contribution in [-0.2, 0) is 22.6 Å². The van der Waals surface area contributed by atoms with E-state index in [4.69, 9.17) is 4.74 Å². The van der Waals surface area contributed by atoms with Gasteiger partial charge in [-0.3, -0.25) is 9.69 Å². The summed E-state index contributed by atoms with van der Waals surface area (Å²) >= 11 is 0. The Kier molecular flexibility index (Phi) is 4.71. The lowest BCUT2D eigenvalue weighted by molar-refractivity contribution is -0.111. The van der Waals surface area contributed by atoms with Gasteiger partial charge in [-0.1, -0.05) is 12.1 Å². The normalized spacial score (nSPS) is 14.8. The van der Waals surface area contributed by atoms with Gasteiger partial charge >= 0.3 is 0 Å². The van der Waals surface area contributed by atoms with Gasteiger partial charge in [0, 0.05) is 32.4 Å². The van der Waals surface area contributed by atoms with Gasteiger partial charge in [-0.15, -0.1) is 0 Å². The lowest BCUT2D eigenvalue weighted by atomic mass is 10.1. The number of anilines is 1. The molecule has 0 fully saturated rings. The SMILES string of the molecule is C/C=C/C(=O)Nc1ccc2c(c1)CN(CCOC)C2. The van der Waals surface area contributed by atoms with Crippen LogP contribution in [0.2, 0.25) is 0 Å². The van der Waals surface area contributed by atoms with Crippen LogP contribution >= 0.6 is 0 Å². The van der Waals surface area contributed by atoms with Crippen molar-refractivity contribution in [3.63, 3.8) is 0 Å². The molecule has 0 saturated heterocycles. The largest absolute Gasteiger partial charge is 0.383 e. The molecular formula is C15H20N2O2. The minimum atomic E-state index is -0.0864. The standard InChI is InChI=1S/C15H20N2O2/c1-3-4-15(18)16-14-6-5-12-10-17(7-8-19-2)11-13(12)9-14/h3-6,9H,7-8,10-11H2,1-2H3,(H,16,18)/b4-3+. The monoisotopic (exact) mass is 260 g/mol. The molecule has 1 amide bonds. The van der Waals surface area contributed by atoms with E-state index in [-0.39, 0.29) is 5.91 Å². The number of allylic oxidation sites excluding steroid dienone is 1. The van der Waals surface area contributed by atoms with Crippen molar-refractivity contribution in [2.24, 2.45) is 0 Å². The number of rotatable bonds is 5. The third-order valence-electron chi connectivity index (χ3n) is 3.19. The number of fused-ring (bicyclic) bond motifs is 1. The van der Waals surface area contributed by atoms with Crippen LogP contribution in [0.25, 0.3) is 0 Å². The maximum Gasteiger partial charge on any atom is 0.248 e. The highest BCUT2D eigenvalue weighted by Gasteiger charge is 2.18. The lowest BCUT2D eigenvalue weighted by Crippen LogP contribution is -2.21.